The van der Waals surface area contributed by atoms with Crippen molar-refractivity contribution in [2.75, 3.05) is 25.1 Å². The molecule has 0 spiro atoms. The van der Waals surface area contributed by atoms with Crippen molar-refractivity contribution in [1.29, 1.82) is 0 Å². The van der Waals surface area contributed by atoms with Gasteiger partial charge in [-0.2, -0.15) is 4.98 Å². The van der Waals surface area contributed by atoms with Crippen molar-refractivity contribution in [2.24, 2.45) is 17.0 Å². The smallest absolute Gasteiger partial charge is 0.245 e. The van der Waals surface area contributed by atoms with Crippen LogP contribution < -0.4 is 10.3 Å². The van der Waals surface area contributed by atoms with Crippen LogP contribution >= 0.6 is 0 Å². The lowest BCUT2D eigenvalue weighted by molar-refractivity contribution is 0.121. The zero-order valence-electron chi connectivity index (χ0n) is 15.5. The van der Waals surface area contributed by atoms with Crippen LogP contribution in [0.1, 0.15) is 26.1 Å². The molecule has 1 fully saturated rings. The zero-order chi connectivity index (χ0) is 18.3. The summed E-state index contributed by atoms with van der Waals surface area (Å²) in [6.07, 6.45) is 6.89. The predicted octanol–water partition coefficient (Wildman–Crippen LogP) is 0.934. The number of nitrogens with zero attached hydrogens (tertiary/aromatic N) is 7. The van der Waals surface area contributed by atoms with Gasteiger partial charge >= 0.3 is 0 Å². The number of fused-ring (bicyclic) bond motifs is 1. The molecule has 0 aromatic carbocycles. The van der Waals surface area contributed by atoms with Crippen LogP contribution in [0, 0.1) is 0 Å². The summed E-state index contributed by atoms with van der Waals surface area (Å²) in [6.45, 7) is 5.72. The van der Waals surface area contributed by atoms with E-state index < -0.39 is 0 Å². The fourth-order valence-electron chi connectivity index (χ4n) is 3.27. The van der Waals surface area contributed by atoms with Crippen molar-refractivity contribution in [3.05, 3.63) is 23.8 Å². The topological polar surface area (TPSA) is 83.2 Å². The van der Waals surface area contributed by atoms with Crippen molar-refractivity contribution < 1.29 is 4.74 Å². The molecule has 138 valence electrons. The Bertz CT molecular complexity index is 821. The number of aryl methyl sites for hydroxylation is 1. The standard InChI is InChI=1S/C17H24N8O/c1-11-9-18-12(2)16-19-14(21-25(11)16)5-6-15-20-17(22-23(15)3)24-8-7-13(10-24)26-4/h5-6,9,13-14,21H,7-8,10H2,1-4H3/b6-5+. The third-order valence-corrected chi connectivity index (χ3v) is 4.83. The molecular weight excluding hydrogens is 332 g/mol. The minimum absolute atomic E-state index is 0.151. The third kappa shape index (κ3) is 3.04. The van der Waals surface area contributed by atoms with Crippen molar-refractivity contribution in [2.45, 2.75) is 32.5 Å². The Balaban J connectivity index is 1.47. The van der Waals surface area contributed by atoms with Gasteiger partial charge in [-0.15, -0.1) is 5.10 Å². The summed E-state index contributed by atoms with van der Waals surface area (Å²) in [5.41, 5.74) is 5.27. The molecule has 4 rings (SSSR count). The van der Waals surface area contributed by atoms with Crippen LogP contribution in [0.5, 0.6) is 0 Å². The molecule has 1 saturated heterocycles. The average Bonchev–Trinajstić information content (AvgIpc) is 3.34. The largest absolute Gasteiger partial charge is 0.380 e. The monoisotopic (exact) mass is 356 g/mol. The van der Waals surface area contributed by atoms with E-state index in [0.29, 0.717) is 0 Å². The number of allylic oxidation sites excluding steroid dienone is 1. The van der Waals surface area contributed by atoms with Crippen LogP contribution in [0.4, 0.5) is 5.95 Å². The van der Waals surface area contributed by atoms with E-state index in [-0.39, 0.29) is 12.3 Å². The van der Waals surface area contributed by atoms with Crippen LogP contribution in [-0.2, 0) is 11.8 Å². The second-order valence-electron chi connectivity index (χ2n) is 6.69. The SMILES string of the molecule is COC1CCN(c2nc(/C=C/C3N=C4C(C)=NC=C(C)N4N3)n(C)n2)C1. The molecule has 2 unspecified atom stereocenters. The molecule has 9 heteroatoms. The van der Waals surface area contributed by atoms with E-state index in [1.54, 1.807) is 11.8 Å². The Morgan fingerprint density at radius 2 is 2.19 bits per heavy atom. The summed E-state index contributed by atoms with van der Waals surface area (Å²) in [4.78, 5) is 15.9. The quantitative estimate of drug-likeness (QED) is 0.864. The molecule has 0 aliphatic carbocycles. The van der Waals surface area contributed by atoms with E-state index in [0.717, 1.165) is 48.5 Å². The molecular formula is C17H24N8O. The van der Waals surface area contributed by atoms with E-state index >= 15 is 0 Å². The second-order valence-corrected chi connectivity index (χ2v) is 6.69. The number of aliphatic imine (C=N–C) groups is 2. The number of hydrogen-bond acceptors (Lipinski definition) is 8. The molecule has 0 radical (unpaired) electrons. The molecule has 1 N–H and O–H groups in total. The highest BCUT2D eigenvalue weighted by atomic mass is 16.5. The predicted molar refractivity (Wildman–Crippen MR) is 101 cm³/mol. The van der Waals surface area contributed by atoms with Gasteiger partial charge in [0.2, 0.25) is 5.95 Å². The number of anilines is 1. The number of nitrogens with one attached hydrogen (secondary N) is 1. The van der Waals surface area contributed by atoms with Crippen LogP contribution in [0.3, 0.4) is 0 Å². The molecule has 1 aromatic heterocycles. The van der Waals surface area contributed by atoms with Gasteiger partial charge in [-0.25, -0.2) is 15.1 Å². The number of methoxy groups -OCH3 is 1. The van der Waals surface area contributed by atoms with Gasteiger partial charge in [-0.3, -0.25) is 10.0 Å². The van der Waals surface area contributed by atoms with Crippen molar-refractivity contribution >= 4 is 23.6 Å². The van der Waals surface area contributed by atoms with Gasteiger partial charge in [0.1, 0.15) is 6.17 Å². The zero-order valence-corrected chi connectivity index (χ0v) is 15.5. The summed E-state index contributed by atoms with van der Waals surface area (Å²) < 4.78 is 7.21. The van der Waals surface area contributed by atoms with Crippen molar-refractivity contribution in [1.82, 2.24) is 25.2 Å². The lowest BCUT2D eigenvalue weighted by Gasteiger charge is -2.23. The summed E-state index contributed by atoms with van der Waals surface area (Å²) in [5.74, 6) is 2.41. The summed E-state index contributed by atoms with van der Waals surface area (Å²) >= 11 is 0. The number of hydrogen-bond donors (Lipinski definition) is 1. The van der Waals surface area contributed by atoms with Gasteiger partial charge in [0, 0.05) is 33.4 Å². The molecule has 0 bridgehead atoms. The molecule has 4 heterocycles. The maximum atomic E-state index is 5.42. The third-order valence-electron chi connectivity index (χ3n) is 4.83. The van der Waals surface area contributed by atoms with Gasteiger partial charge in [0.05, 0.1) is 17.5 Å². The summed E-state index contributed by atoms with van der Waals surface area (Å²) in [6, 6.07) is 0. The van der Waals surface area contributed by atoms with Gasteiger partial charge in [0.15, 0.2) is 11.7 Å². The van der Waals surface area contributed by atoms with Crippen LogP contribution in [0.2, 0.25) is 0 Å². The normalized spacial score (nSPS) is 25.6. The lowest BCUT2D eigenvalue weighted by atomic mass is 10.3. The first kappa shape index (κ1) is 16.9. The molecule has 3 aliphatic heterocycles. The Labute approximate surface area is 152 Å². The number of ether oxygens (including phenoxy) is 1. The maximum absolute atomic E-state index is 5.42. The number of rotatable bonds is 4. The van der Waals surface area contributed by atoms with Crippen molar-refractivity contribution in [3.8, 4) is 0 Å². The Hall–Kier alpha value is -2.52. The molecule has 26 heavy (non-hydrogen) atoms. The highest BCUT2D eigenvalue weighted by molar-refractivity contribution is 6.41. The minimum atomic E-state index is -0.151. The van der Waals surface area contributed by atoms with Gasteiger partial charge in [-0.1, -0.05) is 0 Å². The van der Waals surface area contributed by atoms with E-state index in [4.69, 9.17) is 4.74 Å². The Morgan fingerprint density at radius 3 is 2.92 bits per heavy atom. The highest BCUT2D eigenvalue weighted by Gasteiger charge is 2.28. The molecule has 9 nitrogen and oxygen atoms in total. The van der Waals surface area contributed by atoms with E-state index in [1.807, 2.05) is 44.3 Å². The Morgan fingerprint density at radius 1 is 1.35 bits per heavy atom. The summed E-state index contributed by atoms with van der Waals surface area (Å²) in [7, 11) is 3.66. The molecule has 3 aliphatic rings. The van der Waals surface area contributed by atoms with Gasteiger partial charge in [-0.05, 0) is 32.4 Å². The highest BCUT2D eigenvalue weighted by Crippen LogP contribution is 2.20. The van der Waals surface area contributed by atoms with Crippen LogP contribution in [0.25, 0.3) is 6.08 Å². The lowest BCUT2D eigenvalue weighted by Crippen LogP contribution is -2.42. The molecule has 0 amide bonds. The van der Waals surface area contributed by atoms with Crippen LogP contribution in [0.15, 0.2) is 28.0 Å². The Kier molecular flexibility index (Phi) is 4.33. The first-order valence-corrected chi connectivity index (χ1v) is 8.78. The van der Waals surface area contributed by atoms with Gasteiger partial charge in [0.25, 0.3) is 0 Å². The summed E-state index contributed by atoms with van der Waals surface area (Å²) in [5, 5.41) is 6.50. The van der Waals surface area contributed by atoms with E-state index in [9.17, 15) is 0 Å². The second kappa shape index (κ2) is 6.65. The minimum Gasteiger partial charge on any atom is -0.380 e. The fourth-order valence-corrected chi connectivity index (χ4v) is 3.27. The number of amidine groups is 1. The molecule has 2 atom stereocenters. The maximum Gasteiger partial charge on any atom is 0.245 e. The first-order valence-electron chi connectivity index (χ1n) is 8.78. The fraction of sp³-hybridized carbons (Fsp3) is 0.529. The average molecular weight is 356 g/mol. The van der Waals surface area contributed by atoms with Crippen molar-refractivity contribution in [3.63, 3.8) is 0 Å². The molecule has 1 aromatic rings. The van der Waals surface area contributed by atoms with E-state index in [1.165, 1.54) is 0 Å². The number of aromatic nitrogens is 3. The first-order chi connectivity index (χ1) is 12.5. The number of hydrazine groups is 1. The molecule has 0 saturated carbocycles. The van der Waals surface area contributed by atoms with Gasteiger partial charge < -0.3 is 9.64 Å². The van der Waals surface area contributed by atoms with E-state index in [2.05, 4.69) is 30.4 Å². The van der Waals surface area contributed by atoms with Crippen LogP contribution in [-0.4, -0.2) is 63.8 Å².